The Bertz CT molecular complexity index is 3410. The van der Waals surface area contributed by atoms with Crippen molar-refractivity contribution in [1.82, 2.24) is 0 Å². The van der Waals surface area contributed by atoms with Crippen molar-refractivity contribution in [2.75, 3.05) is 0 Å². The summed E-state index contributed by atoms with van der Waals surface area (Å²) in [6, 6.07) is 55.5. The molecule has 0 bridgehead atoms. The van der Waals surface area contributed by atoms with Gasteiger partial charge in [-0.1, -0.05) is 232 Å². The van der Waals surface area contributed by atoms with Gasteiger partial charge in [-0.2, -0.15) is 0 Å². The summed E-state index contributed by atoms with van der Waals surface area (Å²) in [7, 11) is 0. The molecule has 3 aliphatic carbocycles. The summed E-state index contributed by atoms with van der Waals surface area (Å²) in [5, 5.41) is 0. The molecule has 0 saturated carbocycles. The second-order valence-electron chi connectivity index (χ2n) is 27.3. The summed E-state index contributed by atoms with van der Waals surface area (Å²) in [6.45, 7) is 37.5. The van der Waals surface area contributed by atoms with Crippen molar-refractivity contribution in [2.45, 2.75) is 156 Å². The topological polar surface area (TPSA) is 17.1 Å². The maximum Gasteiger partial charge on any atom is 0.193 e. The van der Waals surface area contributed by atoms with Crippen LogP contribution in [0.1, 0.15) is 182 Å². The Morgan fingerprint density at radius 2 is 0.649 bits per heavy atom. The van der Waals surface area contributed by atoms with Gasteiger partial charge >= 0.3 is 0 Å². The Balaban J connectivity index is 1.03. The molecule has 11 rings (SSSR count). The number of benzene rings is 8. The van der Waals surface area contributed by atoms with Gasteiger partial charge in [-0.05, 0) is 181 Å². The molecule has 0 aliphatic heterocycles. The molecule has 1 nitrogen and oxygen atoms in total. The second kappa shape index (κ2) is 16.7. The summed E-state index contributed by atoms with van der Waals surface area (Å²) < 4.78 is 0. The molecule has 0 aromatic heterocycles. The van der Waals surface area contributed by atoms with E-state index in [1.807, 2.05) is 0 Å². The highest BCUT2D eigenvalue weighted by Crippen LogP contribution is 2.57. The van der Waals surface area contributed by atoms with E-state index in [9.17, 15) is 0 Å². The first-order valence-electron chi connectivity index (χ1n) is 27.3. The SMILES string of the molecule is CC(C)(C)c1ccc2c(c1)C(C)(C)c1cc(C(C)(C)C)cc(-c3ccccc3-c3ccc4c(c3)C(=O)c3cc(-c5ccccc5-c5cc(C(C)(C)C)cc6c5-c5ccc(C(C)(C)C)cc5C6(C)C)ccc3CC4)c1-2. The average Bonchev–Trinajstić information content (AvgIpc) is 3.69. The minimum atomic E-state index is -0.171. The minimum Gasteiger partial charge on any atom is -0.289 e. The lowest BCUT2D eigenvalue weighted by Gasteiger charge is -2.28. The van der Waals surface area contributed by atoms with Crippen molar-refractivity contribution in [2.24, 2.45) is 0 Å². The molecule has 0 radical (unpaired) electrons. The molecule has 374 valence electrons. The van der Waals surface area contributed by atoms with Gasteiger partial charge in [0, 0.05) is 22.0 Å². The Morgan fingerprint density at radius 1 is 0.311 bits per heavy atom. The van der Waals surface area contributed by atoms with Gasteiger partial charge in [0.25, 0.3) is 0 Å². The lowest BCUT2D eigenvalue weighted by molar-refractivity contribution is 0.103. The standard InChI is InChI=1S/C73H76O/c1-68(2,3)47-31-33-55-61(39-47)72(13,14)63-41-49(70(7,8)9)37-59(65(55)63)53-23-19-17-21-51(53)45-29-27-43-25-26-44-28-30-46(36-58(44)67(74)57(43)35-45)52-22-18-20-24-54(52)60-38-50(71(10,11)12)42-64-66(60)56-34-32-48(69(4,5)6)40-62(56)73(64,15)16/h17-24,27-42H,25-26H2,1-16H3. The highest BCUT2D eigenvalue weighted by atomic mass is 16.1. The lowest BCUT2D eigenvalue weighted by atomic mass is 9.76. The fraction of sp³-hybridized carbons (Fsp3) is 0.329. The first kappa shape index (κ1) is 49.6. The van der Waals surface area contributed by atoms with E-state index in [1.54, 1.807) is 0 Å². The molecule has 0 saturated heterocycles. The molecular formula is C73H76O. The van der Waals surface area contributed by atoms with Crippen LogP contribution < -0.4 is 0 Å². The van der Waals surface area contributed by atoms with Crippen molar-refractivity contribution in [3.63, 3.8) is 0 Å². The molecule has 0 amide bonds. The van der Waals surface area contributed by atoms with Gasteiger partial charge in [0.15, 0.2) is 5.78 Å². The Hall–Kier alpha value is -6.57. The largest absolute Gasteiger partial charge is 0.289 e. The van der Waals surface area contributed by atoms with E-state index in [2.05, 4.69) is 256 Å². The molecule has 0 atom stereocenters. The Labute approximate surface area is 443 Å². The Morgan fingerprint density at radius 3 is 1.00 bits per heavy atom. The molecule has 0 fully saturated rings. The highest BCUT2D eigenvalue weighted by Gasteiger charge is 2.41. The van der Waals surface area contributed by atoms with E-state index >= 15 is 4.79 Å². The first-order chi connectivity index (χ1) is 34.6. The molecule has 74 heavy (non-hydrogen) atoms. The molecule has 0 heterocycles. The van der Waals surface area contributed by atoms with Crippen molar-refractivity contribution >= 4 is 5.78 Å². The van der Waals surface area contributed by atoms with E-state index in [-0.39, 0.29) is 38.3 Å². The molecule has 3 aliphatic rings. The number of carbonyl (C=O) groups excluding carboxylic acids is 1. The van der Waals surface area contributed by atoms with Crippen molar-refractivity contribution in [1.29, 1.82) is 0 Å². The fourth-order valence-electron chi connectivity index (χ4n) is 12.6. The van der Waals surface area contributed by atoms with E-state index in [0.29, 0.717) is 0 Å². The first-order valence-corrected chi connectivity index (χ1v) is 27.3. The quantitative estimate of drug-likeness (QED) is 0.172. The third-order valence-corrected chi connectivity index (χ3v) is 17.4. The Kier molecular flexibility index (Phi) is 11.2. The van der Waals surface area contributed by atoms with E-state index in [1.165, 1.54) is 89.0 Å². The van der Waals surface area contributed by atoms with Crippen LogP contribution in [0.15, 0.2) is 146 Å². The smallest absolute Gasteiger partial charge is 0.193 e. The van der Waals surface area contributed by atoms with Crippen LogP contribution >= 0.6 is 0 Å². The fourth-order valence-corrected chi connectivity index (χ4v) is 12.6. The predicted octanol–water partition coefficient (Wildman–Crippen LogP) is 19.5. The zero-order valence-electron chi connectivity index (χ0n) is 47.2. The van der Waals surface area contributed by atoms with Gasteiger partial charge < -0.3 is 0 Å². The van der Waals surface area contributed by atoms with Crippen LogP contribution in [-0.2, 0) is 45.3 Å². The van der Waals surface area contributed by atoms with Gasteiger partial charge in [0.05, 0.1) is 0 Å². The number of fused-ring (bicyclic) bond motifs is 8. The number of ketones is 1. The van der Waals surface area contributed by atoms with Crippen molar-refractivity contribution in [3.8, 4) is 66.8 Å². The van der Waals surface area contributed by atoms with E-state index in [0.717, 1.165) is 57.3 Å². The van der Waals surface area contributed by atoms with Gasteiger partial charge in [0.1, 0.15) is 0 Å². The third-order valence-electron chi connectivity index (χ3n) is 17.4. The summed E-state index contributed by atoms with van der Waals surface area (Å²) >= 11 is 0. The van der Waals surface area contributed by atoms with Crippen LogP contribution in [0.3, 0.4) is 0 Å². The third kappa shape index (κ3) is 7.99. The lowest BCUT2D eigenvalue weighted by Crippen LogP contribution is -2.19. The van der Waals surface area contributed by atoms with Gasteiger partial charge in [-0.15, -0.1) is 0 Å². The van der Waals surface area contributed by atoms with Crippen LogP contribution in [0.4, 0.5) is 0 Å². The average molecular weight is 969 g/mol. The highest BCUT2D eigenvalue weighted by molar-refractivity contribution is 6.13. The maximum absolute atomic E-state index is 15.4. The van der Waals surface area contributed by atoms with E-state index in [4.69, 9.17) is 0 Å². The van der Waals surface area contributed by atoms with Crippen LogP contribution in [0.25, 0.3) is 66.8 Å². The molecule has 8 aromatic carbocycles. The number of rotatable bonds is 4. The molecule has 0 unspecified atom stereocenters. The zero-order chi connectivity index (χ0) is 52.8. The van der Waals surface area contributed by atoms with Crippen LogP contribution in [0, 0.1) is 0 Å². The molecule has 8 aromatic rings. The summed E-state index contributed by atoms with van der Waals surface area (Å²) in [5.41, 5.74) is 29.1. The van der Waals surface area contributed by atoms with Crippen molar-refractivity contribution < 1.29 is 4.79 Å². The van der Waals surface area contributed by atoms with Gasteiger partial charge in [0.2, 0.25) is 0 Å². The summed E-state index contributed by atoms with van der Waals surface area (Å²) in [5.74, 6) is 0.105. The zero-order valence-corrected chi connectivity index (χ0v) is 47.2. The number of aryl methyl sites for hydroxylation is 2. The number of hydrogen-bond donors (Lipinski definition) is 0. The minimum absolute atomic E-state index is 0.0439. The van der Waals surface area contributed by atoms with Gasteiger partial charge in [-0.3, -0.25) is 4.79 Å². The molecular weight excluding hydrogens is 893 g/mol. The van der Waals surface area contributed by atoms with Crippen LogP contribution in [0.2, 0.25) is 0 Å². The molecule has 0 N–H and O–H groups in total. The van der Waals surface area contributed by atoms with Crippen LogP contribution in [-0.4, -0.2) is 5.78 Å². The molecule has 0 spiro atoms. The predicted molar refractivity (Wildman–Crippen MR) is 315 cm³/mol. The summed E-state index contributed by atoms with van der Waals surface area (Å²) in [4.78, 5) is 15.4. The number of hydrogen-bond acceptors (Lipinski definition) is 1. The van der Waals surface area contributed by atoms with Crippen LogP contribution in [0.5, 0.6) is 0 Å². The van der Waals surface area contributed by atoms with Gasteiger partial charge in [-0.25, -0.2) is 0 Å². The monoisotopic (exact) mass is 969 g/mol. The molecule has 1 heteroatoms. The maximum atomic E-state index is 15.4. The van der Waals surface area contributed by atoms with Crippen molar-refractivity contribution in [3.05, 3.63) is 212 Å². The normalized spacial score (nSPS) is 15.4. The summed E-state index contributed by atoms with van der Waals surface area (Å²) in [6.07, 6.45) is 1.63. The van der Waals surface area contributed by atoms with E-state index < -0.39 is 0 Å². The second-order valence-corrected chi connectivity index (χ2v) is 27.3. The number of carbonyl (C=O) groups is 1.